The fourth-order valence-electron chi connectivity index (χ4n) is 3.84. The second-order valence-electron chi connectivity index (χ2n) is 7.63. The standard InChI is InChI=1S/C19H23F4N5O/c1-12-9-13(2)11-27(10-12)8-7-24-18(29)16-17(19(21,22)23)28(26-25-16)15-5-3-14(20)4-6-15/h3-6,12-13H,7-11H2,1-2H3,(H,24,29). The molecule has 1 N–H and O–H groups in total. The van der Waals surface area contributed by atoms with Crippen LogP contribution in [0.5, 0.6) is 0 Å². The minimum absolute atomic E-state index is 0.0402. The van der Waals surface area contributed by atoms with Gasteiger partial charge in [0.2, 0.25) is 0 Å². The third kappa shape index (κ3) is 5.11. The number of nitrogens with one attached hydrogen (secondary N) is 1. The van der Waals surface area contributed by atoms with Crippen LogP contribution >= 0.6 is 0 Å². The highest BCUT2D eigenvalue weighted by molar-refractivity contribution is 5.93. The number of likely N-dealkylation sites (tertiary alicyclic amines) is 1. The zero-order chi connectivity index (χ0) is 21.2. The molecule has 0 bridgehead atoms. The van der Waals surface area contributed by atoms with Crippen molar-refractivity contribution in [2.75, 3.05) is 26.2 Å². The van der Waals surface area contributed by atoms with E-state index in [0.29, 0.717) is 23.1 Å². The van der Waals surface area contributed by atoms with Gasteiger partial charge in [-0.3, -0.25) is 4.79 Å². The first kappa shape index (κ1) is 21.2. The Labute approximate surface area is 165 Å². The molecular weight excluding hydrogens is 390 g/mol. The van der Waals surface area contributed by atoms with Crippen LogP contribution in [-0.2, 0) is 6.18 Å². The lowest BCUT2D eigenvalue weighted by Crippen LogP contribution is -2.43. The number of carbonyl (C=O) groups is 1. The van der Waals surface area contributed by atoms with Crippen LogP contribution in [0.15, 0.2) is 24.3 Å². The first-order chi connectivity index (χ1) is 13.6. The molecule has 158 valence electrons. The number of rotatable bonds is 5. The second kappa shape index (κ2) is 8.48. The predicted molar refractivity (Wildman–Crippen MR) is 98.0 cm³/mol. The Kier molecular flexibility index (Phi) is 6.21. The Balaban J connectivity index is 1.72. The van der Waals surface area contributed by atoms with Gasteiger partial charge in [-0.05, 0) is 42.5 Å². The van der Waals surface area contributed by atoms with Gasteiger partial charge in [0.15, 0.2) is 11.4 Å². The Bertz CT molecular complexity index is 839. The number of carbonyl (C=O) groups excluding carboxylic acids is 1. The van der Waals surface area contributed by atoms with Crippen LogP contribution < -0.4 is 5.32 Å². The normalized spacial score (nSPS) is 20.6. The van der Waals surface area contributed by atoms with Crippen LogP contribution in [0.1, 0.15) is 36.5 Å². The van der Waals surface area contributed by atoms with Crippen molar-refractivity contribution >= 4 is 5.91 Å². The first-order valence-corrected chi connectivity index (χ1v) is 9.44. The molecule has 1 aromatic heterocycles. The fourth-order valence-corrected chi connectivity index (χ4v) is 3.84. The van der Waals surface area contributed by atoms with E-state index in [1.807, 2.05) is 0 Å². The Morgan fingerprint density at radius 2 is 1.79 bits per heavy atom. The molecule has 29 heavy (non-hydrogen) atoms. The summed E-state index contributed by atoms with van der Waals surface area (Å²) < 4.78 is 54.4. The highest BCUT2D eigenvalue weighted by atomic mass is 19.4. The van der Waals surface area contributed by atoms with Crippen molar-refractivity contribution in [3.05, 3.63) is 41.5 Å². The van der Waals surface area contributed by atoms with E-state index in [2.05, 4.69) is 34.4 Å². The van der Waals surface area contributed by atoms with Crippen LogP contribution in [0.4, 0.5) is 17.6 Å². The van der Waals surface area contributed by atoms with Crippen LogP contribution in [0, 0.1) is 17.7 Å². The minimum atomic E-state index is -4.86. The van der Waals surface area contributed by atoms with E-state index in [1.54, 1.807) is 0 Å². The van der Waals surface area contributed by atoms with Gasteiger partial charge >= 0.3 is 6.18 Å². The molecule has 1 aliphatic rings. The van der Waals surface area contributed by atoms with Crippen molar-refractivity contribution in [1.82, 2.24) is 25.2 Å². The van der Waals surface area contributed by atoms with Gasteiger partial charge in [0.25, 0.3) is 5.91 Å². The average Bonchev–Trinajstić information content (AvgIpc) is 3.07. The summed E-state index contributed by atoms with van der Waals surface area (Å²) in [7, 11) is 0. The van der Waals surface area contributed by atoms with E-state index in [9.17, 15) is 22.4 Å². The minimum Gasteiger partial charge on any atom is -0.349 e. The summed E-state index contributed by atoms with van der Waals surface area (Å²) in [4.78, 5) is 14.6. The molecule has 0 saturated carbocycles. The van der Waals surface area contributed by atoms with Gasteiger partial charge in [0, 0.05) is 26.2 Å². The van der Waals surface area contributed by atoms with Gasteiger partial charge in [0.05, 0.1) is 5.69 Å². The van der Waals surface area contributed by atoms with Gasteiger partial charge < -0.3 is 10.2 Å². The number of amides is 1. The van der Waals surface area contributed by atoms with Crippen molar-refractivity contribution in [3.8, 4) is 5.69 Å². The Hall–Kier alpha value is -2.49. The Morgan fingerprint density at radius 1 is 1.17 bits per heavy atom. The molecule has 2 aromatic rings. The maximum atomic E-state index is 13.6. The third-order valence-corrected chi connectivity index (χ3v) is 4.88. The van der Waals surface area contributed by atoms with E-state index >= 15 is 0 Å². The van der Waals surface area contributed by atoms with Crippen molar-refractivity contribution in [1.29, 1.82) is 0 Å². The molecule has 2 unspecified atom stereocenters. The summed E-state index contributed by atoms with van der Waals surface area (Å²) >= 11 is 0. The van der Waals surface area contributed by atoms with Gasteiger partial charge in [-0.25, -0.2) is 9.07 Å². The molecule has 3 rings (SSSR count). The topological polar surface area (TPSA) is 63.1 Å². The van der Waals surface area contributed by atoms with Crippen LogP contribution in [0.2, 0.25) is 0 Å². The monoisotopic (exact) mass is 413 g/mol. The maximum Gasteiger partial charge on any atom is 0.435 e. The molecule has 1 aromatic carbocycles. The SMILES string of the molecule is CC1CC(C)CN(CCNC(=O)c2nnn(-c3ccc(F)cc3)c2C(F)(F)F)C1. The predicted octanol–water partition coefficient (Wildman–Crippen LogP) is 3.13. The largest absolute Gasteiger partial charge is 0.435 e. The molecule has 2 heterocycles. The number of aromatic nitrogens is 3. The number of alkyl halides is 3. The van der Waals surface area contributed by atoms with Gasteiger partial charge in [-0.1, -0.05) is 19.1 Å². The highest BCUT2D eigenvalue weighted by Crippen LogP contribution is 2.32. The first-order valence-electron chi connectivity index (χ1n) is 9.44. The van der Waals surface area contributed by atoms with Crippen molar-refractivity contribution < 1.29 is 22.4 Å². The number of piperidine rings is 1. The molecule has 0 aliphatic carbocycles. The van der Waals surface area contributed by atoms with E-state index in [4.69, 9.17) is 0 Å². The summed E-state index contributed by atoms with van der Waals surface area (Å²) in [5, 5.41) is 9.42. The lowest BCUT2D eigenvalue weighted by Gasteiger charge is -2.34. The summed E-state index contributed by atoms with van der Waals surface area (Å²) in [6.45, 7) is 6.87. The molecule has 0 radical (unpaired) electrons. The van der Waals surface area contributed by atoms with Gasteiger partial charge in [-0.2, -0.15) is 13.2 Å². The molecule has 1 fully saturated rings. The number of hydrogen-bond acceptors (Lipinski definition) is 4. The van der Waals surface area contributed by atoms with E-state index in [-0.39, 0.29) is 12.2 Å². The zero-order valence-electron chi connectivity index (χ0n) is 16.2. The lowest BCUT2D eigenvalue weighted by atomic mass is 9.92. The highest BCUT2D eigenvalue weighted by Gasteiger charge is 2.42. The van der Waals surface area contributed by atoms with Gasteiger partial charge in [-0.15, -0.1) is 5.10 Å². The van der Waals surface area contributed by atoms with Crippen molar-refractivity contribution in [2.45, 2.75) is 26.4 Å². The number of nitrogens with zero attached hydrogens (tertiary/aromatic N) is 4. The maximum absolute atomic E-state index is 13.6. The smallest absolute Gasteiger partial charge is 0.349 e. The number of halogens is 4. The van der Waals surface area contributed by atoms with Crippen LogP contribution in [0.25, 0.3) is 5.69 Å². The number of benzene rings is 1. The van der Waals surface area contributed by atoms with E-state index < -0.39 is 29.3 Å². The molecule has 1 saturated heterocycles. The van der Waals surface area contributed by atoms with Gasteiger partial charge in [0.1, 0.15) is 5.82 Å². The summed E-state index contributed by atoms with van der Waals surface area (Å²) in [6, 6.07) is 4.30. The molecule has 6 nitrogen and oxygen atoms in total. The average molecular weight is 413 g/mol. The van der Waals surface area contributed by atoms with Crippen LogP contribution in [0.3, 0.4) is 0 Å². The summed E-state index contributed by atoms with van der Waals surface area (Å²) in [5.41, 5.74) is -2.13. The second-order valence-corrected chi connectivity index (χ2v) is 7.63. The van der Waals surface area contributed by atoms with E-state index in [0.717, 1.165) is 43.8 Å². The zero-order valence-corrected chi connectivity index (χ0v) is 16.2. The molecule has 1 amide bonds. The quantitative estimate of drug-likeness (QED) is 0.765. The molecule has 2 atom stereocenters. The van der Waals surface area contributed by atoms with E-state index in [1.165, 1.54) is 0 Å². The fraction of sp³-hybridized carbons (Fsp3) is 0.526. The molecular formula is C19H23F4N5O. The Morgan fingerprint density at radius 3 is 2.38 bits per heavy atom. The summed E-state index contributed by atoms with van der Waals surface area (Å²) in [6.07, 6.45) is -3.72. The molecule has 10 heteroatoms. The van der Waals surface area contributed by atoms with Crippen molar-refractivity contribution in [2.24, 2.45) is 11.8 Å². The van der Waals surface area contributed by atoms with Crippen molar-refractivity contribution in [3.63, 3.8) is 0 Å². The third-order valence-electron chi connectivity index (χ3n) is 4.88. The molecule has 0 spiro atoms. The summed E-state index contributed by atoms with van der Waals surface area (Å²) in [5.74, 6) is -0.450. The lowest BCUT2D eigenvalue weighted by molar-refractivity contribution is -0.143. The number of hydrogen-bond donors (Lipinski definition) is 1. The van der Waals surface area contributed by atoms with Crippen LogP contribution in [-0.4, -0.2) is 52.0 Å². The molecule has 1 aliphatic heterocycles.